The van der Waals surface area contributed by atoms with Gasteiger partial charge in [0.25, 0.3) is 11.8 Å². The summed E-state index contributed by atoms with van der Waals surface area (Å²) in [6.07, 6.45) is 0.439. The first-order chi connectivity index (χ1) is 12.7. The maximum atomic E-state index is 13.1. The molecule has 1 unspecified atom stereocenters. The van der Waals surface area contributed by atoms with Crippen LogP contribution in [0.15, 0.2) is 35.9 Å². The Morgan fingerprint density at radius 2 is 1.85 bits per heavy atom. The summed E-state index contributed by atoms with van der Waals surface area (Å²) in [6.45, 7) is 0. The molecule has 1 atom stereocenters. The second-order valence-electron chi connectivity index (χ2n) is 5.70. The van der Waals surface area contributed by atoms with Crippen molar-refractivity contribution in [2.24, 2.45) is 5.92 Å². The van der Waals surface area contributed by atoms with Gasteiger partial charge < -0.3 is 10.2 Å². The van der Waals surface area contributed by atoms with Crippen molar-refractivity contribution in [3.8, 4) is 0 Å². The number of nitrogens with zero attached hydrogens (tertiary/aromatic N) is 1. The van der Waals surface area contributed by atoms with Crippen LogP contribution in [-0.4, -0.2) is 39.1 Å². The average molecular weight is 394 g/mol. The van der Waals surface area contributed by atoms with Crippen molar-refractivity contribution in [2.75, 3.05) is 4.90 Å². The molecular formula is C17H15FN2O6S. The predicted molar refractivity (Wildman–Crippen MR) is 95.3 cm³/mol. The Labute approximate surface area is 158 Å². The van der Waals surface area contributed by atoms with Crippen molar-refractivity contribution < 1.29 is 33.8 Å². The lowest BCUT2D eigenvalue weighted by molar-refractivity contribution is -0.143. The molecule has 3 N–H and O–H groups in total. The maximum Gasteiger partial charge on any atom is 0.306 e. The van der Waals surface area contributed by atoms with Crippen molar-refractivity contribution in [2.45, 2.75) is 19.3 Å². The van der Waals surface area contributed by atoms with E-state index < -0.39 is 35.5 Å². The van der Waals surface area contributed by atoms with E-state index >= 15 is 0 Å². The van der Waals surface area contributed by atoms with Gasteiger partial charge in [-0.1, -0.05) is 6.08 Å². The van der Waals surface area contributed by atoms with Crippen LogP contribution in [0.4, 0.5) is 10.1 Å². The minimum absolute atomic E-state index is 0.148. The molecule has 0 spiro atoms. The van der Waals surface area contributed by atoms with Gasteiger partial charge in [0.1, 0.15) is 11.4 Å². The quantitative estimate of drug-likeness (QED) is 0.363. The monoisotopic (exact) mass is 394 g/mol. The Bertz CT molecular complexity index is 836. The number of rotatable bonds is 7. The number of thiocarbonyl (C=S) groups is 1. The van der Waals surface area contributed by atoms with Gasteiger partial charge in [0.15, 0.2) is 5.11 Å². The van der Waals surface area contributed by atoms with Gasteiger partial charge in [0.05, 0.1) is 11.6 Å². The highest BCUT2D eigenvalue weighted by Gasteiger charge is 2.34. The van der Waals surface area contributed by atoms with Crippen LogP contribution in [0.5, 0.6) is 0 Å². The molecule has 1 saturated heterocycles. The lowest BCUT2D eigenvalue weighted by Gasteiger charge is -2.29. The van der Waals surface area contributed by atoms with Gasteiger partial charge in [-0.2, -0.15) is 0 Å². The molecule has 1 heterocycles. The minimum atomic E-state index is -1.23. The number of halogens is 1. The molecular weight excluding hydrogens is 379 g/mol. The molecule has 0 aliphatic carbocycles. The van der Waals surface area contributed by atoms with E-state index in [2.05, 4.69) is 5.32 Å². The molecule has 0 aromatic heterocycles. The highest BCUT2D eigenvalue weighted by molar-refractivity contribution is 7.80. The summed E-state index contributed by atoms with van der Waals surface area (Å²) in [5, 5.41) is 20.0. The van der Waals surface area contributed by atoms with Crippen molar-refractivity contribution in [3.63, 3.8) is 0 Å². The van der Waals surface area contributed by atoms with Crippen molar-refractivity contribution in [1.82, 2.24) is 5.32 Å². The van der Waals surface area contributed by atoms with Gasteiger partial charge in [-0.05, 0) is 49.3 Å². The van der Waals surface area contributed by atoms with E-state index in [0.717, 1.165) is 23.1 Å². The second-order valence-corrected chi connectivity index (χ2v) is 6.08. The third kappa shape index (κ3) is 4.94. The number of hydrogen-bond donors (Lipinski definition) is 3. The minimum Gasteiger partial charge on any atom is -0.481 e. The fourth-order valence-corrected chi connectivity index (χ4v) is 2.72. The summed E-state index contributed by atoms with van der Waals surface area (Å²) in [7, 11) is 0. The van der Waals surface area contributed by atoms with Crippen LogP contribution < -0.4 is 10.2 Å². The smallest absolute Gasteiger partial charge is 0.306 e. The van der Waals surface area contributed by atoms with E-state index in [1.807, 2.05) is 0 Å². The van der Waals surface area contributed by atoms with Crippen LogP contribution in [0, 0.1) is 11.7 Å². The molecule has 1 aromatic carbocycles. The number of amides is 2. The fourth-order valence-electron chi connectivity index (χ4n) is 2.43. The molecule has 0 bridgehead atoms. The zero-order valence-electron chi connectivity index (χ0n) is 13.8. The fraction of sp³-hybridized carbons (Fsp3) is 0.235. The topological polar surface area (TPSA) is 124 Å². The van der Waals surface area contributed by atoms with E-state index in [0.29, 0.717) is 0 Å². The Morgan fingerprint density at radius 1 is 1.22 bits per heavy atom. The van der Waals surface area contributed by atoms with Crippen LogP contribution in [0.25, 0.3) is 0 Å². The Morgan fingerprint density at radius 3 is 2.41 bits per heavy atom. The van der Waals surface area contributed by atoms with E-state index in [1.165, 1.54) is 12.1 Å². The second kappa shape index (κ2) is 8.49. The number of carbonyl (C=O) groups is 4. The number of nitrogens with one attached hydrogen (secondary N) is 1. The van der Waals surface area contributed by atoms with E-state index in [9.17, 15) is 28.7 Å². The number of carbonyl (C=O) groups excluding carboxylic acids is 2. The van der Waals surface area contributed by atoms with E-state index in [4.69, 9.17) is 17.3 Å². The molecule has 1 aliphatic rings. The van der Waals surface area contributed by atoms with Crippen LogP contribution in [-0.2, 0) is 19.2 Å². The Hall–Kier alpha value is -3.14. The molecule has 2 amide bonds. The SMILES string of the molecule is O=C(O)CCC(CC=C1C(=O)NC(=S)N(c2ccc(F)cc2)C1=O)C(=O)O. The molecule has 0 saturated carbocycles. The first-order valence-electron chi connectivity index (χ1n) is 7.80. The molecule has 8 nitrogen and oxygen atoms in total. The van der Waals surface area contributed by atoms with Gasteiger partial charge in [0.2, 0.25) is 0 Å². The first-order valence-corrected chi connectivity index (χ1v) is 8.21. The molecule has 2 rings (SSSR count). The predicted octanol–water partition coefficient (Wildman–Crippen LogP) is 1.46. The molecule has 10 heteroatoms. The number of benzene rings is 1. The van der Waals surface area contributed by atoms with Gasteiger partial charge in [-0.25, -0.2) is 4.39 Å². The van der Waals surface area contributed by atoms with Crippen LogP contribution in [0.2, 0.25) is 0 Å². The highest BCUT2D eigenvalue weighted by Crippen LogP contribution is 2.22. The molecule has 1 aromatic rings. The number of hydrogen-bond acceptors (Lipinski definition) is 5. The molecule has 0 radical (unpaired) electrons. The highest BCUT2D eigenvalue weighted by atomic mass is 32.1. The average Bonchev–Trinajstić information content (AvgIpc) is 2.58. The van der Waals surface area contributed by atoms with Gasteiger partial charge >= 0.3 is 11.9 Å². The third-order valence-electron chi connectivity index (χ3n) is 3.85. The largest absolute Gasteiger partial charge is 0.481 e. The summed E-state index contributed by atoms with van der Waals surface area (Å²) in [5.41, 5.74) is -0.0903. The summed E-state index contributed by atoms with van der Waals surface area (Å²) < 4.78 is 13.1. The number of aliphatic carboxylic acids is 2. The maximum absolute atomic E-state index is 13.1. The van der Waals surface area contributed by atoms with Crippen LogP contribution >= 0.6 is 12.2 Å². The van der Waals surface area contributed by atoms with E-state index in [-0.39, 0.29) is 35.6 Å². The summed E-state index contributed by atoms with van der Waals surface area (Å²) in [6, 6.07) is 4.86. The standard InChI is InChI=1S/C17H15FN2O6S/c18-10-3-5-11(6-4-10)20-15(24)12(14(23)19-17(20)27)7-1-9(16(25)26)2-8-13(21)22/h3-7,9H,1-2,8H2,(H,21,22)(H,25,26)(H,19,23,27). The van der Waals surface area contributed by atoms with Crippen LogP contribution in [0.3, 0.4) is 0 Å². The zero-order valence-corrected chi connectivity index (χ0v) is 14.7. The van der Waals surface area contributed by atoms with Crippen molar-refractivity contribution in [1.29, 1.82) is 0 Å². The lowest BCUT2D eigenvalue weighted by Crippen LogP contribution is -2.54. The lowest BCUT2D eigenvalue weighted by atomic mass is 9.97. The molecule has 1 aliphatic heterocycles. The Kier molecular flexibility index (Phi) is 6.35. The zero-order chi connectivity index (χ0) is 20.1. The number of anilines is 1. The Balaban J connectivity index is 2.24. The summed E-state index contributed by atoms with van der Waals surface area (Å²) in [5.74, 6) is -5.53. The van der Waals surface area contributed by atoms with E-state index in [1.54, 1.807) is 0 Å². The first kappa shape index (κ1) is 20.2. The van der Waals surface area contributed by atoms with Gasteiger partial charge in [-0.15, -0.1) is 0 Å². The number of allylic oxidation sites excluding steroid dienone is 1. The third-order valence-corrected chi connectivity index (χ3v) is 4.13. The number of carboxylic acids is 2. The van der Waals surface area contributed by atoms with Crippen molar-refractivity contribution >= 4 is 46.8 Å². The molecule has 142 valence electrons. The normalized spacial score (nSPS) is 17.0. The van der Waals surface area contributed by atoms with Crippen LogP contribution in [0.1, 0.15) is 19.3 Å². The molecule has 27 heavy (non-hydrogen) atoms. The molecule has 1 fully saturated rings. The number of carboxylic acid groups (broad SMARTS) is 2. The van der Waals surface area contributed by atoms with Crippen molar-refractivity contribution in [3.05, 3.63) is 41.7 Å². The van der Waals surface area contributed by atoms with Gasteiger partial charge in [0, 0.05) is 6.42 Å². The summed E-state index contributed by atoms with van der Waals surface area (Å²) >= 11 is 4.99. The van der Waals surface area contributed by atoms with Gasteiger partial charge in [-0.3, -0.25) is 29.4 Å². The summed E-state index contributed by atoms with van der Waals surface area (Å²) in [4.78, 5) is 47.6.